The lowest BCUT2D eigenvalue weighted by atomic mass is 10.1. The third-order valence-electron chi connectivity index (χ3n) is 3.05. The Bertz CT molecular complexity index is 637. The van der Waals surface area contributed by atoms with Crippen LogP contribution in [0, 0.1) is 0 Å². The molecule has 0 saturated carbocycles. The molecule has 0 spiro atoms. The van der Waals surface area contributed by atoms with Gasteiger partial charge in [0.15, 0.2) is 6.23 Å². The van der Waals surface area contributed by atoms with Crippen LogP contribution in [0.2, 0.25) is 0 Å². The number of aliphatic hydroxyl groups excluding tert-OH is 3. The Hall–Kier alpha value is -1.81. The average molecular weight is 288 g/mol. The first-order valence-corrected chi connectivity index (χ1v) is 5.73. The minimum atomic E-state index is -1.41. The predicted octanol–water partition coefficient (Wildman–Crippen LogP) is -1.87. The molecule has 9 heteroatoms. The summed E-state index contributed by atoms with van der Waals surface area (Å²) in [4.78, 5) is 25.0. The fourth-order valence-corrected chi connectivity index (χ4v) is 1.98. The molecule has 1 aromatic rings. The number of nitrogens with one attached hydrogen (secondary N) is 1. The van der Waals surface area contributed by atoms with E-state index < -0.39 is 42.9 Å². The molecule has 0 aliphatic carbocycles. The summed E-state index contributed by atoms with van der Waals surface area (Å²) in [5.74, 6) is 0. The summed E-state index contributed by atoms with van der Waals surface area (Å²) < 4.78 is 18.9. The molecule has 3 atom stereocenters. The molecule has 4 N–H and O–H groups in total. The van der Waals surface area contributed by atoms with Gasteiger partial charge in [0.1, 0.15) is 12.2 Å². The van der Waals surface area contributed by atoms with Gasteiger partial charge < -0.3 is 20.1 Å². The van der Waals surface area contributed by atoms with Crippen molar-refractivity contribution in [1.82, 2.24) is 9.55 Å². The fraction of sp³-hybridized carbons (Fsp3) is 0.455. The fourth-order valence-electron chi connectivity index (χ4n) is 1.98. The molecule has 1 unspecified atom stereocenters. The lowest BCUT2D eigenvalue weighted by molar-refractivity contribution is -0.0449. The van der Waals surface area contributed by atoms with Crippen LogP contribution in [-0.2, 0) is 11.3 Å². The Labute approximate surface area is 111 Å². The van der Waals surface area contributed by atoms with Gasteiger partial charge in [0, 0.05) is 11.8 Å². The second-order valence-corrected chi connectivity index (χ2v) is 4.24. The highest BCUT2D eigenvalue weighted by Gasteiger charge is 2.40. The molecule has 2 rings (SSSR count). The van der Waals surface area contributed by atoms with Gasteiger partial charge in [-0.3, -0.25) is 14.3 Å². The predicted molar refractivity (Wildman–Crippen MR) is 63.4 cm³/mol. The number of hydrogen-bond acceptors (Lipinski definition) is 6. The van der Waals surface area contributed by atoms with E-state index >= 15 is 0 Å². The van der Waals surface area contributed by atoms with Crippen molar-refractivity contribution < 1.29 is 24.4 Å². The van der Waals surface area contributed by atoms with Crippen molar-refractivity contribution in [3.63, 3.8) is 0 Å². The molecule has 1 saturated heterocycles. The lowest BCUT2D eigenvalue weighted by Crippen LogP contribution is -2.34. The van der Waals surface area contributed by atoms with Crippen molar-refractivity contribution >= 4 is 0 Å². The van der Waals surface area contributed by atoms with Gasteiger partial charge in [-0.05, 0) is 0 Å². The first-order valence-electron chi connectivity index (χ1n) is 5.73. The summed E-state index contributed by atoms with van der Waals surface area (Å²) >= 11 is 0. The minimum absolute atomic E-state index is 0.0845. The summed E-state index contributed by atoms with van der Waals surface area (Å²) in [6.45, 7) is -1.19. The Kier molecular flexibility index (Phi) is 4.14. The second-order valence-electron chi connectivity index (χ2n) is 4.24. The Balaban J connectivity index is 2.51. The number of ether oxygens (including phenoxy) is 1. The first kappa shape index (κ1) is 14.6. The van der Waals surface area contributed by atoms with Gasteiger partial charge in [0.25, 0.3) is 5.56 Å². The molecule has 8 nitrogen and oxygen atoms in total. The van der Waals surface area contributed by atoms with Crippen molar-refractivity contribution in [1.29, 1.82) is 0 Å². The zero-order valence-electron chi connectivity index (χ0n) is 10.2. The molecule has 20 heavy (non-hydrogen) atoms. The lowest BCUT2D eigenvalue weighted by Gasteiger charge is -2.15. The van der Waals surface area contributed by atoms with Crippen LogP contribution in [0.4, 0.5) is 4.39 Å². The summed E-state index contributed by atoms with van der Waals surface area (Å²) in [7, 11) is 0. The minimum Gasteiger partial charge on any atom is -0.394 e. The maximum atomic E-state index is 12.9. The van der Waals surface area contributed by atoms with Gasteiger partial charge in [-0.15, -0.1) is 0 Å². The molecular weight excluding hydrogens is 275 g/mol. The number of aliphatic hydroxyl groups is 3. The van der Waals surface area contributed by atoms with Crippen LogP contribution in [0.25, 0.3) is 0 Å². The maximum Gasteiger partial charge on any atom is 0.330 e. The number of aromatic amines is 1. The topological polar surface area (TPSA) is 125 Å². The highest BCUT2D eigenvalue weighted by molar-refractivity contribution is 5.18. The number of nitrogens with zero attached hydrogens (tertiary/aromatic N) is 1. The van der Waals surface area contributed by atoms with Crippen molar-refractivity contribution in [2.75, 3.05) is 6.61 Å². The Morgan fingerprint density at radius 1 is 1.45 bits per heavy atom. The van der Waals surface area contributed by atoms with E-state index in [-0.39, 0.29) is 17.5 Å². The summed E-state index contributed by atoms with van der Waals surface area (Å²) in [5, 5.41) is 27.7. The SMILES string of the molecule is O=c1[nH]c(=O)n([C@H]2O[C@@H](CO)C(O)/C2=C\F)cc1CO. The van der Waals surface area contributed by atoms with E-state index in [1.807, 2.05) is 4.98 Å². The van der Waals surface area contributed by atoms with Gasteiger partial charge in [-0.2, -0.15) is 0 Å². The molecule has 2 heterocycles. The average Bonchev–Trinajstić information content (AvgIpc) is 2.75. The first-order chi connectivity index (χ1) is 9.53. The number of hydrogen-bond donors (Lipinski definition) is 4. The van der Waals surface area contributed by atoms with Crippen LogP contribution < -0.4 is 11.2 Å². The zero-order chi connectivity index (χ0) is 14.9. The third kappa shape index (κ3) is 2.31. The van der Waals surface area contributed by atoms with Gasteiger partial charge in [0.2, 0.25) is 0 Å². The van der Waals surface area contributed by atoms with Crippen LogP contribution >= 0.6 is 0 Å². The molecule has 1 aliphatic heterocycles. The van der Waals surface area contributed by atoms with Gasteiger partial charge in [-0.25, -0.2) is 9.18 Å². The Morgan fingerprint density at radius 2 is 2.15 bits per heavy atom. The summed E-state index contributed by atoms with van der Waals surface area (Å²) in [6, 6.07) is 0. The number of H-pyrrole nitrogens is 1. The van der Waals surface area contributed by atoms with Crippen molar-refractivity contribution in [2.45, 2.75) is 25.0 Å². The van der Waals surface area contributed by atoms with E-state index in [4.69, 9.17) is 14.9 Å². The molecule has 1 aliphatic rings. The van der Waals surface area contributed by atoms with E-state index in [1.165, 1.54) is 0 Å². The van der Waals surface area contributed by atoms with Crippen LogP contribution in [0.5, 0.6) is 0 Å². The van der Waals surface area contributed by atoms with E-state index in [1.54, 1.807) is 0 Å². The third-order valence-corrected chi connectivity index (χ3v) is 3.05. The standard InChI is InChI=1S/C11H13FN2O6/c12-1-6-8(17)7(4-16)20-10(6)14-2-5(3-15)9(18)13-11(14)19/h1-2,7-8,10,15-17H,3-4H2,(H,13,18,19)/b6-1+/t7-,8?,10-/m0/s1. The molecule has 1 fully saturated rings. The van der Waals surface area contributed by atoms with E-state index in [0.29, 0.717) is 0 Å². The van der Waals surface area contributed by atoms with Crippen molar-refractivity contribution in [2.24, 2.45) is 0 Å². The maximum absolute atomic E-state index is 12.9. The van der Waals surface area contributed by atoms with Crippen LogP contribution in [0.3, 0.4) is 0 Å². The largest absolute Gasteiger partial charge is 0.394 e. The van der Waals surface area contributed by atoms with Crippen molar-refractivity contribution in [3.8, 4) is 0 Å². The number of aromatic nitrogens is 2. The van der Waals surface area contributed by atoms with Crippen LogP contribution in [0.15, 0.2) is 27.7 Å². The van der Waals surface area contributed by atoms with Gasteiger partial charge in [-0.1, -0.05) is 0 Å². The van der Waals surface area contributed by atoms with E-state index in [2.05, 4.69) is 0 Å². The number of rotatable bonds is 3. The Morgan fingerprint density at radius 3 is 2.70 bits per heavy atom. The van der Waals surface area contributed by atoms with Crippen molar-refractivity contribution in [3.05, 3.63) is 44.5 Å². The normalized spacial score (nSPS) is 28.2. The van der Waals surface area contributed by atoms with Gasteiger partial charge in [0.05, 0.1) is 25.1 Å². The molecule has 0 amide bonds. The van der Waals surface area contributed by atoms with Crippen LogP contribution in [0.1, 0.15) is 11.8 Å². The number of halogens is 1. The van der Waals surface area contributed by atoms with Gasteiger partial charge >= 0.3 is 5.69 Å². The smallest absolute Gasteiger partial charge is 0.330 e. The van der Waals surface area contributed by atoms with E-state index in [9.17, 15) is 19.1 Å². The van der Waals surface area contributed by atoms with Crippen LogP contribution in [-0.4, -0.2) is 43.7 Å². The highest BCUT2D eigenvalue weighted by atomic mass is 19.1. The zero-order valence-corrected chi connectivity index (χ0v) is 10.2. The molecule has 0 radical (unpaired) electrons. The molecule has 1 aromatic heterocycles. The molecule has 0 aromatic carbocycles. The molecule has 110 valence electrons. The second kappa shape index (κ2) is 5.67. The molecule has 0 bridgehead atoms. The quantitative estimate of drug-likeness (QED) is 0.516. The summed E-state index contributed by atoms with van der Waals surface area (Å²) in [6.07, 6.45) is -2.70. The highest BCUT2D eigenvalue weighted by Crippen LogP contribution is 2.33. The molecular formula is C11H13FN2O6. The van der Waals surface area contributed by atoms with E-state index in [0.717, 1.165) is 10.8 Å². The monoisotopic (exact) mass is 288 g/mol. The summed E-state index contributed by atoms with van der Waals surface area (Å²) in [5.41, 5.74) is -2.03.